The van der Waals surface area contributed by atoms with Crippen LogP contribution in [-0.2, 0) is 0 Å². The zero-order valence-electron chi connectivity index (χ0n) is 11.7. The maximum Gasteiger partial charge on any atom is 0.146 e. The van der Waals surface area contributed by atoms with Gasteiger partial charge in [0.25, 0.3) is 0 Å². The van der Waals surface area contributed by atoms with Gasteiger partial charge in [-0.2, -0.15) is 5.10 Å². The second-order valence-corrected chi connectivity index (χ2v) is 4.77. The lowest BCUT2D eigenvalue weighted by Gasteiger charge is -2.20. The summed E-state index contributed by atoms with van der Waals surface area (Å²) in [4.78, 5) is 0. The number of nitrogen functional groups attached to an aromatic ring is 1. The van der Waals surface area contributed by atoms with Crippen LogP contribution in [0.4, 0.5) is 5.82 Å². The first kappa shape index (κ1) is 15.8. The standard InChI is InChI=1S/C10H15N3.C4H9N3/c11-10-7-6-9(12-13-10)8-4-2-1-3-5-8;5-3-1-2-4(6)7/h6-8H,1-5H2,(H2,11,13);1-3H,5-7H2/b;3-1-. The van der Waals surface area contributed by atoms with Gasteiger partial charge in [-0.3, -0.25) is 0 Å². The molecule has 1 saturated carbocycles. The SMILES string of the molecule is N/C=C\C=C(N)N.Nc1ccc(C2CCCCC2)nn1. The molecule has 0 aromatic carbocycles. The van der Waals surface area contributed by atoms with Crippen molar-refractivity contribution < 1.29 is 0 Å². The van der Waals surface area contributed by atoms with Crippen LogP contribution in [0.15, 0.2) is 36.3 Å². The van der Waals surface area contributed by atoms with Crippen LogP contribution < -0.4 is 22.9 Å². The fraction of sp³-hybridized carbons (Fsp3) is 0.429. The third kappa shape index (κ3) is 6.08. The molecular weight excluding hydrogens is 252 g/mol. The molecule has 2 rings (SSSR count). The summed E-state index contributed by atoms with van der Waals surface area (Å²) < 4.78 is 0. The quantitative estimate of drug-likeness (QED) is 0.603. The predicted octanol–water partition coefficient (Wildman–Crippen LogP) is 1.32. The number of hydrogen-bond donors (Lipinski definition) is 4. The molecule has 20 heavy (non-hydrogen) atoms. The van der Waals surface area contributed by atoms with Crippen LogP contribution in [0.25, 0.3) is 0 Å². The Balaban J connectivity index is 0.000000246. The summed E-state index contributed by atoms with van der Waals surface area (Å²) in [6.45, 7) is 0. The van der Waals surface area contributed by atoms with E-state index in [9.17, 15) is 0 Å². The second-order valence-electron chi connectivity index (χ2n) is 4.77. The van der Waals surface area contributed by atoms with Gasteiger partial charge < -0.3 is 22.9 Å². The maximum atomic E-state index is 5.48. The van der Waals surface area contributed by atoms with Crippen molar-refractivity contribution in [3.8, 4) is 0 Å². The van der Waals surface area contributed by atoms with Crippen molar-refractivity contribution in [2.45, 2.75) is 38.0 Å². The summed E-state index contributed by atoms with van der Waals surface area (Å²) in [5, 5.41) is 8.01. The van der Waals surface area contributed by atoms with Gasteiger partial charge in [-0.05, 0) is 43.3 Å². The fourth-order valence-electron chi connectivity index (χ4n) is 2.14. The number of rotatable bonds is 2. The summed E-state index contributed by atoms with van der Waals surface area (Å²) in [5.41, 5.74) is 21.6. The van der Waals surface area contributed by atoms with Crippen molar-refractivity contribution >= 4 is 5.82 Å². The third-order valence-corrected chi connectivity index (χ3v) is 3.13. The lowest BCUT2D eigenvalue weighted by atomic mass is 9.87. The Hall–Kier alpha value is -2.24. The minimum absolute atomic E-state index is 0.265. The molecule has 110 valence electrons. The van der Waals surface area contributed by atoms with Crippen LogP contribution in [0.5, 0.6) is 0 Å². The van der Waals surface area contributed by atoms with E-state index in [-0.39, 0.29) is 5.82 Å². The number of allylic oxidation sites excluding steroid dienone is 2. The number of aromatic nitrogens is 2. The molecule has 0 atom stereocenters. The van der Waals surface area contributed by atoms with Crippen molar-refractivity contribution in [3.05, 3.63) is 42.0 Å². The maximum absolute atomic E-state index is 5.48. The predicted molar refractivity (Wildman–Crippen MR) is 82.1 cm³/mol. The molecule has 0 amide bonds. The summed E-state index contributed by atoms with van der Waals surface area (Å²) in [7, 11) is 0. The van der Waals surface area contributed by atoms with E-state index in [4.69, 9.17) is 22.9 Å². The molecule has 0 bridgehead atoms. The van der Waals surface area contributed by atoms with Crippen LogP contribution in [0.2, 0.25) is 0 Å². The Morgan fingerprint density at radius 3 is 2.25 bits per heavy atom. The average molecular weight is 276 g/mol. The fourth-order valence-corrected chi connectivity index (χ4v) is 2.14. The summed E-state index contributed by atoms with van der Waals surface area (Å²) in [6.07, 6.45) is 11.0. The highest BCUT2D eigenvalue weighted by atomic mass is 15.1. The molecule has 0 radical (unpaired) electrons. The molecule has 0 unspecified atom stereocenters. The van der Waals surface area contributed by atoms with E-state index in [1.54, 1.807) is 6.08 Å². The number of anilines is 1. The second kappa shape index (κ2) is 8.79. The van der Waals surface area contributed by atoms with Gasteiger partial charge in [-0.15, -0.1) is 5.10 Å². The molecule has 6 heteroatoms. The topological polar surface area (TPSA) is 130 Å². The van der Waals surface area contributed by atoms with Crippen molar-refractivity contribution in [2.24, 2.45) is 17.2 Å². The van der Waals surface area contributed by atoms with Crippen LogP contribution in [0.1, 0.15) is 43.7 Å². The highest BCUT2D eigenvalue weighted by Gasteiger charge is 2.16. The molecule has 6 nitrogen and oxygen atoms in total. The Kier molecular flexibility index (Phi) is 6.95. The van der Waals surface area contributed by atoms with Crippen LogP contribution in [0, 0.1) is 0 Å². The van der Waals surface area contributed by atoms with Gasteiger partial charge in [0.05, 0.1) is 11.5 Å². The smallest absolute Gasteiger partial charge is 0.146 e. The lowest BCUT2D eigenvalue weighted by Crippen LogP contribution is -2.07. The molecule has 0 spiro atoms. The monoisotopic (exact) mass is 276 g/mol. The molecule has 0 saturated heterocycles. The van der Waals surface area contributed by atoms with E-state index in [1.807, 2.05) is 12.1 Å². The molecule has 1 aromatic rings. The molecule has 1 fully saturated rings. The Morgan fingerprint density at radius 2 is 1.80 bits per heavy atom. The Morgan fingerprint density at radius 1 is 1.10 bits per heavy atom. The van der Waals surface area contributed by atoms with E-state index >= 15 is 0 Å². The lowest BCUT2D eigenvalue weighted by molar-refractivity contribution is 0.434. The minimum atomic E-state index is 0.265. The van der Waals surface area contributed by atoms with Gasteiger partial charge in [-0.1, -0.05) is 19.3 Å². The van der Waals surface area contributed by atoms with Gasteiger partial charge in [0.15, 0.2) is 0 Å². The summed E-state index contributed by atoms with van der Waals surface area (Å²) in [5.74, 6) is 1.41. The first-order valence-electron chi connectivity index (χ1n) is 6.82. The average Bonchev–Trinajstić information content (AvgIpc) is 2.47. The highest BCUT2D eigenvalue weighted by molar-refractivity contribution is 5.26. The zero-order valence-corrected chi connectivity index (χ0v) is 11.7. The molecular formula is C14H24N6. The molecule has 1 heterocycles. The molecule has 1 aromatic heterocycles. The third-order valence-electron chi connectivity index (χ3n) is 3.13. The van der Waals surface area contributed by atoms with Gasteiger partial charge in [0.2, 0.25) is 0 Å². The van der Waals surface area contributed by atoms with E-state index < -0.39 is 0 Å². The van der Waals surface area contributed by atoms with Crippen molar-refractivity contribution in [3.63, 3.8) is 0 Å². The molecule has 1 aliphatic carbocycles. The molecule has 1 aliphatic rings. The zero-order chi connectivity index (χ0) is 14.8. The van der Waals surface area contributed by atoms with Crippen LogP contribution in [0.3, 0.4) is 0 Å². The molecule has 0 aliphatic heterocycles. The normalized spacial score (nSPS) is 15.4. The van der Waals surface area contributed by atoms with Gasteiger partial charge in [0.1, 0.15) is 5.82 Å². The van der Waals surface area contributed by atoms with Gasteiger partial charge in [0, 0.05) is 5.92 Å². The van der Waals surface area contributed by atoms with Gasteiger partial charge in [-0.25, -0.2) is 0 Å². The van der Waals surface area contributed by atoms with Crippen molar-refractivity contribution in [2.75, 3.05) is 5.73 Å². The largest absolute Gasteiger partial charge is 0.405 e. The minimum Gasteiger partial charge on any atom is -0.405 e. The van der Waals surface area contributed by atoms with Crippen molar-refractivity contribution in [1.82, 2.24) is 10.2 Å². The van der Waals surface area contributed by atoms with Gasteiger partial charge >= 0.3 is 0 Å². The molecule has 8 N–H and O–H groups in total. The highest BCUT2D eigenvalue weighted by Crippen LogP contribution is 2.31. The van der Waals surface area contributed by atoms with Crippen molar-refractivity contribution in [1.29, 1.82) is 0 Å². The Labute approximate surface area is 119 Å². The van der Waals surface area contributed by atoms with E-state index in [1.165, 1.54) is 44.4 Å². The number of nitrogens with two attached hydrogens (primary N) is 4. The number of hydrogen-bond acceptors (Lipinski definition) is 6. The first-order valence-corrected chi connectivity index (χ1v) is 6.82. The van der Waals surface area contributed by atoms with E-state index in [2.05, 4.69) is 10.2 Å². The summed E-state index contributed by atoms with van der Waals surface area (Å²) >= 11 is 0. The van der Waals surface area contributed by atoms with Crippen LogP contribution >= 0.6 is 0 Å². The number of nitrogens with zero attached hydrogens (tertiary/aromatic N) is 2. The Bertz CT molecular complexity index is 427. The van der Waals surface area contributed by atoms with E-state index in [0.717, 1.165) is 5.69 Å². The first-order chi connectivity index (χ1) is 9.63. The van der Waals surface area contributed by atoms with E-state index in [0.29, 0.717) is 11.7 Å². The van der Waals surface area contributed by atoms with Crippen LogP contribution in [-0.4, -0.2) is 10.2 Å². The summed E-state index contributed by atoms with van der Waals surface area (Å²) in [6, 6.07) is 3.86.